The van der Waals surface area contributed by atoms with Crippen molar-refractivity contribution in [2.45, 2.75) is 33.1 Å². The normalized spacial score (nSPS) is 9.38. The predicted octanol–water partition coefficient (Wildman–Crippen LogP) is 0.791. The maximum absolute atomic E-state index is 10.6. The van der Waals surface area contributed by atoms with Gasteiger partial charge in [-0.25, -0.2) is 0 Å². The highest BCUT2D eigenvalue weighted by atomic mass is 32.2. The molecule has 0 aliphatic heterocycles. The molecule has 76 valence electrons. The van der Waals surface area contributed by atoms with Gasteiger partial charge in [0, 0.05) is 13.3 Å². The molecule has 13 heavy (non-hydrogen) atoms. The minimum atomic E-state index is -2.14. The van der Waals surface area contributed by atoms with Crippen LogP contribution in [0.25, 0.3) is 0 Å². The molecule has 0 heterocycles. The van der Waals surface area contributed by atoms with Gasteiger partial charge in [0.05, 0.1) is 11.5 Å². The molecule has 0 spiro atoms. The van der Waals surface area contributed by atoms with Crippen molar-refractivity contribution < 1.29 is 17.9 Å². The number of hydrogen-bond donors (Lipinski definition) is 0. The van der Waals surface area contributed by atoms with E-state index in [0.29, 0.717) is 17.7 Å². The van der Waals surface area contributed by atoms with E-state index in [9.17, 15) is 13.2 Å². The summed E-state index contributed by atoms with van der Waals surface area (Å²) in [7, 11) is -2.14. The standard InChI is InChI=1S/C8H14O4S/c1-3-4-8(13(10)11)5-6-12-7(2)9/h3-6H2,1-2H3. The molecule has 0 aromatic heterocycles. The molecular weight excluding hydrogens is 192 g/mol. The fourth-order valence-electron chi connectivity index (χ4n) is 0.879. The van der Waals surface area contributed by atoms with Gasteiger partial charge in [0.1, 0.15) is 0 Å². The molecule has 0 aromatic rings. The number of rotatable bonds is 5. The monoisotopic (exact) mass is 206 g/mol. The zero-order chi connectivity index (χ0) is 10.3. The highest BCUT2D eigenvalue weighted by Gasteiger charge is 2.01. The van der Waals surface area contributed by atoms with E-state index in [-0.39, 0.29) is 12.6 Å². The maximum atomic E-state index is 10.6. The van der Waals surface area contributed by atoms with Gasteiger partial charge < -0.3 is 4.74 Å². The Bertz CT molecular complexity index is 281. The Morgan fingerprint density at radius 2 is 1.92 bits per heavy atom. The average molecular weight is 206 g/mol. The van der Waals surface area contributed by atoms with Crippen LogP contribution in [0.15, 0.2) is 0 Å². The summed E-state index contributed by atoms with van der Waals surface area (Å²) in [4.78, 5) is 10.8. The fraction of sp³-hybridized carbons (Fsp3) is 0.750. The van der Waals surface area contributed by atoms with Crippen LogP contribution < -0.4 is 0 Å². The summed E-state index contributed by atoms with van der Waals surface area (Å²) in [6.45, 7) is 3.35. The lowest BCUT2D eigenvalue weighted by atomic mass is 10.2. The highest BCUT2D eigenvalue weighted by Crippen LogP contribution is 1.96. The van der Waals surface area contributed by atoms with Crippen LogP contribution in [0.3, 0.4) is 0 Å². The van der Waals surface area contributed by atoms with Crippen LogP contribution in [0.4, 0.5) is 0 Å². The molecular formula is C8H14O4S. The highest BCUT2D eigenvalue weighted by molar-refractivity contribution is 7.73. The van der Waals surface area contributed by atoms with Crippen LogP contribution in [0.1, 0.15) is 33.1 Å². The molecule has 4 nitrogen and oxygen atoms in total. The van der Waals surface area contributed by atoms with Crippen molar-refractivity contribution in [3.05, 3.63) is 0 Å². The molecule has 0 aliphatic rings. The summed E-state index contributed by atoms with van der Waals surface area (Å²) in [5, 5.41) is 0. The second kappa shape index (κ2) is 6.65. The molecule has 0 unspecified atom stereocenters. The summed E-state index contributed by atoms with van der Waals surface area (Å²) in [5.41, 5.74) is 0. The number of carbonyl (C=O) groups excluding carboxylic acids is 1. The van der Waals surface area contributed by atoms with Crippen LogP contribution in [-0.2, 0) is 19.8 Å². The smallest absolute Gasteiger partial charge is 0.302 e. The Labute approximate surface area is 79.4 Å². The van der Waals surface area contributed by atoms with Crippen molar-refractivity contribution in [1.29, 1.82) is 0 Å². The molecule has 0 aliphatic carbocycles. The third-order valence-electron chi connectivity index (χ3n) is 1.45. The van der Waals surface area contributed by atoms with E-state index in [1.54, 1.807) is 0 Å². The average Bonchev–Trinajstić information content (AvgIpc) is 2.02. The van der Waals surface area contributed by atoms with Crippen molar-refractivity contribution in [2.75, 3.05) is 6.61 Å². The van der Waals surface area contributed by atoms with E-state index in [2.05, 4.69) is 4.74 Å². The van der Waals surface area contributed by atoms with Crippen LogP contribution >= 0.6 is 0 Å². The molecule has 0 atom stereocenters. The van der Waals surface area contributed by atoms with E-state index < -0.39 is 10.3 Å². The Balaban J connectivity index is 4.00. The lowest BCUT2D eigenvalue weighted by Crippen LogP contribution is -2.07. The number of carbonyl (C=O) groups is 1. The molecule has 0 radical (unpaired) electrons. The fourth-order valence-corrected chi connectivity index (χ4v) is 1.50. The first-order chi connectivity index (χ1) is 6.07. The van der Waals surface area contributed by atoms with E-state index in [4.69, 9.17) is 0 Å². The van der Waals surface area contributed by atoms with Crippen molar-refractivity contribution in [3.8, 4) is 0 Å². The minimum absolute atomic E-state index is 0.151. The largest absolute Gasteiger partial charge is 0.466 e. The number of hydrogen-bond acceptors (Lipinski definition) is 4. The van der Waals surface area contributed by atoms with E-state index in [0.717, 1.165) is 6.42 Å². The summed E-state index contributed by atoms with van der Waals surface area (Å²) >= 11 is 0. The first-order valence-electron chi connectivity index (χ1n) is 4.15. The van der Waals surface area contributed by atoms with Crippen molar-refractivity contribution in [2.24, 2.45) is 0 Å². The van der Waals surface area contributed by atoms with E-state index in [1.165, 1.54) is 6.92 Å². The minimum Gasteiger partial charge on any atom is -0.466 e. The van der Waals surface area contributed by atoms with Crippen molar-refractivity contribution in [1.82, 2.24) is 0 Å². The SMILES string of the molecule is CCCC(CCOC(C)=O)=S(=O)=O. The maximum Gasteiger partial charge on any atom is 0.302 e. The van der Waals surface area contributed by atoms with Crippen molar-refractivity contribution in [3.63, 3.8) is 0 Å². The predicted molar refractivity (Wildman–Crippen MR) is 50.1 cm³/mol. The van der Waals surface area contributed by atoms with Gasteiger partial charge in [-0.2, -0.15) is 8.42 Å². The molecule has 0 saturated carbocycles. The molecule has 0 aromatic carbocycles. The Kier molecular flexibility index (Phi) is 6.22. The number of esters is 1. The summed E-state index contributed by atoms with van der Waals surface area (Å²) in [5.74, 6) is -0.382. The van der Waals surface area contributed by atoms with Crippen LogP contribution in [-0.4, -0.2) is 25.9 Å². The van der Waals surface area contributed by atoms with Gasteiger partial charge in [0.2, 0.25) is 10.3 Å². The Morgan fingerprint density at radius 1 is 1.31 bits per heavy atom. The van der Waals surface area contributed by atoms with Crippen LogP contribution in [0, 0.1) is 0 Å². The van der Waals surface area contributed by atoms with Gasteiger partial charge in [0.25, 0.3) is 0 Å². The quantitative estimate of drug-likeness (QED) is 0.493. The van der Waals surface area contributed by atoms with E-state index >= 15 is 0 Å². The van der Waals surface area contributed by atoms with Crippen LogP contribution in [0.2, 0.25) is 0 Å². The van der Waals surface area contributed by atoms with E-state index in [1.807, 2.05) is 6.92 Å². The lowest BCUT2D eigenvalue weighted by molar-refractivity contribution is -0.140. The Hall–Kier alpha value is -0.840. The van der Waals surface area contributed by atoms with Gasteiger partial charge in [-0.1, -0.05) is 13.3 Å². The topological polar surface area (TPSA) is 60.4 Å². The first kappa shape index (κ1) is 12.2. The zero-order valence-electron chi connectivity index (χ0n) is 7.87. The summed E-state index contributed by atoms with van der Waals surface area (Å²) < 4.78 is 25.8. The molecule has 0 saturated heterocycles. The summed E-state index contributed by atoms with van der Waals surface area (Å²) in [6, 6.07) is 0. The molecule has 0 amide bonds. The van der Waals surface area contributed by atoms with Crippen molar-refractivity contribution >= 4 is 21.1 Å². The molecule has 0 rings (SSSR count). The summed E-state index contributed by atoms with van der Waals surface area (Å²) in [6.07, 6.45) is 1.63. The second-order valence-corrected chi connectivity index (χ2v) is 3.66. The molecule has 5 heteroatoms. The lowest BCUT2D eigenvalue weighted by Gasteiger charge is -2.01. The third kappa shape index (κ3) is 6.33. The second-order valence-electron chi connectivity index (χ2n) is 2.61. The van der Waals surface area contributed by atoms with Gasteiger partial charge >= 0.3 is 5.97 Å². The molecule has 0 fully saturated rings. The van der Waals surface area contributed by atoms with Gasteiger partial charge in [-0.3, -0.25) is 4.79 Å². The van der Waals surface area contributed by atoms with Gasteiger partial charge in [-0.05, 0) is 6.42 Å². The third-order valence-corrected chi connectivity index (χ3v) is 2.33. The Morgan fingerprint density at radius 3 is 2.31 bits per heavy atom. The first-order valence-corrected chi connectivity index (χ1v) is 5.22. The number of ether oxygens (including phenoxy) is 1. The molecule has 0 N–H and O–H groups in total. The molecule has 0 bridgehead atoms. The van der Waals surface area contributed by atoms with Gasteiger partial charge in [0.15, 0.2) is 0 Å². The van der Waals surface area contributed by atoms with Gasteiger partial charge in [-0.15, -0.1) is 0 Å². The van der Waals surface area contributed by atoms with Crippen LogP contribution in [0.5, 0.6) is 0 Å². The zero-order valence-corrected chi connectivity index (χ0v) is 8.69.